The summed E-state index contributed by atoms with van der Waals surface area (Å²) in [5.74, 6) is 0. The van der Waals surface area contributed by atoms with Gasteiger partial charge in [0.15, 0.2) is 0 Å². The van der Waals surface area contributed by atoms with E-state index in [1.165, 1.54) is 38.8 Å². The topological polar surface area (TPSA) is 26.7 Å². The van der Waals surface area contributed by atoms with Gasteiger partial charge in [-0.05, 0) is 26.7 Å². The van der Waals surface area contributed by atoms with Crippen LogP contribution in [0.4, 0.5) is 0 Å². The third-order valence-corrected chi connectivity index (χ3v) is 4.46. The van der Waals surface area contributed by atoms with Gasteiger partial charge in [0.2, 0.25) is 0 Å². The summed E-state index contributed by atoms with van der Waals surface area (Å²) in [5, 5.41) is 9.60. The van der Waals surface area contributed by atoms with Crippen LogP contribution in [0.2, 0.25) is 0 Å². The van der Waals surface area contributed by atoms with Crippen LogP contribution in [0.1, 0.15) is 39.5 Å². The van der Waals surface area contributed by atoms with Crippen LogP contribution in [0.25, 0.3) is 0 Å². The second-order valence-electron chi connectivity index (χ2n) is 5.49. The molecule has 2 aliphatic rings. The summed E-state index contributed by atoms with van der Waals surface area (Å²) in [4.78, 5) is 5.09. The molecular weight excluding hydrogens is 200 g/mol. The Hall–Kier alpha value is -0.120. The van der Waals surface area contributed by atoms with Crippen LogP contribution in [0, 0.1) is 0 Å². The van der Waals surface area contributed by atoms with E-state index in [9.17, 15) is 5.11 Å². The van der Waals surface area contributed by atoms with Crippen molar-refractivity contribution < 1.29 is 5.11 Å². The molecule has 1 N–H and O–H groups in total. The molecule has 1 aliphatic heterocycles. The second-order valence-corrected chi connectivity index (χ2v) is 5.49. The van der Waals surface area contributed by atoms with Crippen LogP contribution in [-0.2, 0) is 0 Å². The first kappa shape index (κ1) is 12.3. The maximum atomic E-state index is 9.60. The van der Waals surface area contributed by atoms with Crippen molar-refractivity contribution >= 4 is 0 Å². The lowest BCUT2D eigenvalue weighted by molar-refractivity contribution is 0.0244. The van der Waals surface area contributed by atoms with Crippen LogP contribution >= 0.6 is 0 Å². The fourth-order valence-electron chi connectivity index (χ4n) is 3.08. The molecule has 1 aliphatic carbocycles. The summed E-state index contributed by atoms with van der Waals surface area (Å²) < 4.78 is 0. The van der Waals surface area contributed by atoms with Crippen molar-refractivity contribution in [3.8, 4) is 0 Å². The predicted octanol–water partition coefficient (Wildman–Crippen LogP) is 1.32. The van der Waals surface area contributed by atoms with Gasteiger partial charge in [-0.25, -0.2) is 0 Å². The first-order valence-electron chi connectivity index (χ1n) is 6.84. The van der Waals surface area contributed by atoms with E-state index in [1.54, 1.807) is 0 Å². The Kier molecular flexibility index (Phi) is 4.22. The Morgan fingerprint density at radius 1 is 1.00 bits per heavy atom. The molecule has 1 heterocycles. The molecule has 0 aromatic carbocycles. The van der Waals surface area contributed by atoms with Crippen molar-refractivity contribution in [3.05, 3.63) is 0 Å². The highest BCUT2D eigenvalue weighted by atomic mass is 16.3. The predicted molar refractivity (Wildman–Crippen MR) is 66.5 cm³/mol. The van der Waals surface area contributed by atoms with E-state index in [0.29, 0.717) is 6.04 Å². The normalized spacial score (nSPS) is 29.4. The highest BCUT2D eigenvalue weighted by Crippen LogP contribution is 2.24. The maximum Gasteiger partial charge on any atom is 0.0664 e. The third-order valence-electron chi connectivity index (χ3n) is 4.46. The molecule has 2 atom stereocenters. The van der Waals surface area contributed by atoms with E-state index in [2.05, 4.69) is 16.7 Å². The Morgan fingerprint density at radius 3 is 2.06 bits per heavy atom. The van der Waals surface area contributed by atoms with Crippen molar-refractivity contribution in [1.29, 1.82) is 0 Å². The zero-order valence-electron chi connectivity index (χ0n) is 10.7. The second kappa shape index (κ2) is 5.48. The molecule has 0 radical (unpaired) electrons. The molecule has 0 amide bonds. The fraction of sp³-hybridized carbons (Fsp3) is 1.00. The van der Waals surface area contributed by atoms with Gasteiger partial charge in [0.25, 0.3) is 0 Å². The zero-order valence-corrected chi connectivity index (χ0v) is 10.7. The molecule has 2 fully saturated rings. The Balaban J connectivity index is 1.77. The summed E-state index contributed by atoms with van der Waals surface area (Å²) in [6.07, 6.45) is 5.46. The van der Waals surface area contributed by atoms with Gasteiger partial charge in [-0.3, -0.25) is 9.80 Å². The Bertz CT molecular complexity index is 196. The highest BCUT2D eigenvalue weighted by Gasteiger charge is 2.28. The van der Waals surface area contributed by atoms with Gasteiger partial charge in [-0.2, -0.15) is 0 Å². The van der Waals surface area contributed by atoms with Gasteiger partial charge in [0, 0.05) is 38.3 Å². The van der Waals surface area contributed by atoms with Crippen molar-refractivity contribution in [3.63, 3.8) is 0 Å². The summed E-state index contributed by atoms with van der Waals surface area (Å²) >= 11 is 0. The first-order valence-corrected chi connectivity index (χ1v) is 6.84. The molecule has 0 spiro atoms. The van der Waals surface area contributed by atoms with Crippen molar-refractivity contribution in [1.82, 2.24) is 9.80 Å². The molecule has 0 aromatic heterocycles. The number of hydrogen-bond acceptors (Lipinski definition) is 3. The molecule has 2 rings (SSSR count). The minimum absolute atomic E-state index is 0.210. The fourth-order valence-corrected chi connectivity index (χ4v) is 3.08. The number of aliphatic hydroxyl groups excluding tert-OH is 1. The minimum Gasteiger partial charge on any atom is -0.392 e. The van der Waals surface area contributed by atoms with Gasteiger partial charge in [-0.15, -0.1) is 0 Å². The van der Waals surface area contributed by atoms with Gasteiger partial charge >= 0.3 is 0 Å². The van der Waals surface area contributed by atoms with Crippen LogP contribution in [0.15, 0.2) is 0 Å². The molecule has 94 valence electrons. The summed E-state index contributed by atoms with van der Waals surface area (Å²) in [6.45, 7) is 8.68. The number of aliphatic hydroxyl groups is 1. The number of nitrogens with zero attached hydrogens (tertiary/aromatic N) is 2. The van der Waals surface area contributed by atoms with Crippen LogP contribution < -0.4 is 0 Å². The molecule has 3 nitrogen and oxygen atoms in total. The number of piperazine rings is 1. The quantitative estimate of drug-likeness (QED) is 0.786. The van der Waals surface area contributed by atoms with Crippen molar-refractivity contribution in [2.75, 3.05) is 26.2 Å². The Morgan fingerprint density at radius 2 is 1.56 bits per heavy atom. The largest absolute Gasteiger partial charge is 0.392 e. The van der Waals surface area contributed by atoms with Crippen molar-refractivity contribution in [2.45, 2.75) is 57.7 Å². The summed E-state index contributed by atoms with van der Waals surface area (Å²) in [7, 11) is 0. The van der Waals surface area contributed by atoms with Gasteiger partial charge < -0.3 is 5.11 Å². The summed E-state index contributed by atoms with van der Waals surface area (Å²) in [6, 6.07) is 1.18. The standard InChI is InChI=1S/C13H26N2O/c1-11(12(2)16)14-7-9-15(10-8-14)13-5-3-4-6-13/h11-13,16H,3-10H2,1-2H3. The average Bonchev–Trinajstić information content (AvgIpc) is 2.81. The minimum atomic E-state index is -0.210. The molecule has 0 bridgehead atoms. The van der Waals surface area contributed by atoms with E-state index in [0.717, 1.165) is 19.1 Å². The van der Waals surface area contributed by atoms with E-state index in [-0.39, 0.29) is 6.10 Å². The van der Waals surface area contributed by atoms with E-state index in [1.807, 2.05) is 6.92 Å². The molecule has 2 unspecified atom stereocenters. The third kappa shape index (κ3) is 2.76. The lowest BCUT2D eigenvalue weighted by atomic mass is 10.1. The first-order chi connectivity index (χ1) is 7.68. The van der Waals surface area contributed by atoms with Crippen molar-refractivity contribution in [2.24, 2.45) is 0 Å². The zero-order chi connectivity index (χ0) is 11.5. The van der Waals surface area contributed by atoms with Gasteiger partial charge in [0.05, 0.1) is 6.10 Å². The SMILES string of the molecule is CC(O)C(C)N1CCN(C2CCCC2)CC1. The smallest absolute Gasteiger partial charge is 0.0664 e. The lowest BCUT2D eigenvalue weighted by Gasteiger charge is -2.41. The maximum absolute atomic E-state index is 9.60. The average molecular weight is 226 g/mol. The Labute approximate surface area is 99.4 Å². The highest BCUT2D eigenvalue weighted by molar-refractivity contribution is 4.84. The van der Waals surface area contributed by atoms with Crippen LogP contribution in [0.3, 0.4) is 0 Å². The van der Waals surface area contributed by atoms with Crippen LogP contribution in [-0.4, -0.2) is 59.3 Å². The molecular formula is C13H26N2O. The van der Waals surface area contributed by atoms with E-state index in [4.69, 9.17) is 0 Å². The molecule has 1 saturated carbocycles. The van der Waals surface area contributed by atoms with Crippen LogP contribution in [0.5, 0.6) is 0 Å². The van der Waals surface area contributed by atoms with Gasteiger partial charge in [0.1, 0.15) is 0 Å². The summed E-state index contributed by atoms with van der Waals surface area (Å²) in [5.41, 5.74) is 0. The molecule has 1 saturated heterocycles. The molecule has 16 heavy (non-hydrogen) atoms. The van der Waals surface area contributed by atoms with Gasteiger partial charge in [-0.1, -0.05) is 12.8 Å². The van der Waals surface area contributed by atoms with E-state index >= 15 is 0 Å². The molecule has 0 aromatic rings. The number of hydrogen-bond donors (Lipinski definition) is 1. The monoisotopic (exact) mass is 226 g/mol. The van der Waals surface area contributed by atoms with E-state index < -0.39 is 0 Å². The molecule has 3 heteroatoms. The lowest BCUT2D eigenvalue weighted by Crippen LogP contribution is -2.54. The number of rotatable bonds is 3.